The van der Waals surface area contributed by atoms with Gasteiger partial charge in [0.1, 0.15) is 12.3 Å². The molecule has 0 aliphatic carbocycles. The molecule has 9 heteroatoms. The number of quaternary nitrogens is 1. The van der Waals surface area contributed by atoms with E-state index in [9.17, 15) is 22.8 Å². The predicted molar refractivity (Wildman–Crippen MR) is 81.9 cm³/mol. The maximum absolute atomic E-state index is 12.1. The third kappa shape index (κ3) is 7.32. The molecular formula is C15H21F3N3O3+. The summed E-state index contributed by atoms with van der Waals surface area (Å²) in [6.45, 7) is 0.512. The molecule has 1 unspecified atom stereocenters. The number of ether oxygens (including phenoxy) is 1. The van der Waals surface area contributed by atoms with Gasteiger partial charge in [-0.05, 0) is 19.1 Å². The second-order valence-electron chi connectivity index (χ2n) is 5.10. The van der Waals surface area contributed by atoms with Crippen LogP contribution in [0.5, 0.6) is 5.75 Å². The van der Waals surface area contributed by atoms with E-state index in [4.69, 9.17) is 4.74 Å². The van der Waals surface area contributed by atoms with Crippen LogP contribution >= 0.6 is 0 Å². The molecule has 3 N–H and O–H groups in total. The Morgan fingerprint density at radius 2 is 1.79 bits per heavy atom. The van der Waals surface area contributed by atoms with Crippen LogP contribution < -0.4 is 20.3 Å². The molecule has 0 aliphatic rings. The van der Waals surface area contributed by atoms with Gasteiger partial charge in [0.25, 0.3) is 11.8 Å². The first-order valence-corrected chi connectivity index (χ1v) is 7.35. The number of likely N-dealkylation sites (N-methyl/N-ethyl adjacent to an activating group) is 1. The molecule has 0 fully saturated rings. The van der Waals surface area contributed by atoms with E-state index in [1.54, 1.807) is 36.5 Å². The van der Waals surface area contributed by atoms with Crippen LogP contribution in [0, 0.1) is 0 Å². The van der Waals surface area contributed by atoms with Gasteiger partial charge in [-0.15, -0.1) is 0 Å². The van der Waals surface area contributed by atoms with Gasteiger partial charge in [0, 0.05) is 0 Å². The Morgan fingerprint density at radius 1 is 1.17 bits per heavy atom. The fourth-order valence-corrected chi connectivity index (χ4v) is 1.97. The lowest BCUT2D eigenvalue weighted by atomic mass is 10.3. The second kappa shape index (κ2) is 9.11. The number of carbonyl (C=O) groups excluding carboxylic acids is 2. The van der Waals surface area contributed by atoms with Gasteiger partial charge in [0.15, 0.2) is 13.1 Å². The summed E-state index contributed by atoms with van der Waals surface area (Å²) in [6, 6.07) is 6.83. The molecule has 1 atom stereocenters. The molecule has 0 heterocycles. The molecule has 6 nitrogen and oxygen atoms in total. The third-order valence-electron chi connectivity index (χ3n) is 3.19. The van der Waals surface area contributed by atoms with Crippen molar-refractivity contribution < 1.29 is 32.4 Å². The summed E-state index contributed by atoms with van der Waals surface area (Å²) in [5.74, 6) is -0.624. The minimum atomic E-state index is -4.46. The normalized spacial score (nSPS) is 12.4. The van der Waals surface area contributed by atoms with E-state index in [0.29, 0.717) is 22.9 Å². The maximum Gasteiger partial charge on any atom is 0.405 e. The highest BCUT2D eigenvalue weighted by Crippen LogP contribution is 2.22. The van der Waals surface area contributed by atoms with Crippen LogP contribution in [0.2, 0.25) is 0 Å². The topological polar surface area (TPSA) is 71.9 Å². The van der Waals surface area contributed by atoms with Gasteiger partial charge in [0.2, 0.25) is 0 Å². The zero-order valence-electron chi connectivity index (χ0n) is 13.5. The standard InChI is InChI=1S/C15H20F3N3O3/c1-3-21(8-13(22)19-10-15(16,17)18)9-14(23)20-11-6-4-5-7-12(11)24-2/h4-7H,3,8-10H2,1-2H3,(H,19,22)(H,20,23)/p+1. The molecule has 0 radical (unpaired) electrons. The summed E-state index contributed by atoms with van der Waals surface area (Å²) >= 11 is 0. The van der Waals surface area contributed by atoms with Gasteiger partial charge >= 0.3 is 6.18 Å². The van der Waals surface area contributed by atoms with Crippen molar-refractivity contribution in [3.63, 3.8) is 0 Å². The van der Waals surface area contributed by atoms with E-state index in [2.05, 4.69) is 5.32 Å². The summed E-state index contributed by atoms with van der Waals surface area (Å²) < 4.78 is 41.3. The number of alkyl halides is 3. The summed E-state index contributed by atoms with van der Waals surface area (Å²) in [6.07, 6.45) is -4.46. The number of anilines is 1. The molecule has 1 aromatic rings. The first-order valence-electron chi connectivity index (χ1n) is 7.35. The van der Waals surface area contributed by atoms with Crippen LogP contribution in [0.25, 0.3) is 0 Å². The van der Waals surface area contributed by atoms with Crippen LogP contribution in [0.4, 0.5) is 18.9 Å². The number of rotatable bonds is 8. The molecule has 0 saturated carbocycles. The van der Waals surface area contributed by atoms with E-state index in [0.717, 1.165) is 0 Å². The van der Waals surface area contributed by atoms with E-state index >= 15 is 0 Å². The molecule has 2 amide bonds. The monoisotopic (exact) mass is 348 g/mol. The van der Waals surface area contributed by atoms with Gasteiger partial charge in [-0.25, -0.2) is 0 Å². The van der Waals surface area contributed by atoms with Crippen molar-refractivity contribution >= 4 is 17.5 Å². The fourth-order valence-electron chi connectivity index (χ4n) is 1.97. The second-order valence-corrected chi connectivity index (χ2v) is 5.10. The summed E-state index contributed by atoms with van der Waals surface area (Å²) in [5.41, 5.74) is 0.488. The molecule has 0 bridgehead atoms. The van der Waals surface area contributed by atoms with Crippen molar-refractivity contribution in [2.45, 2.75) is 13.1 Å². The molecule has 0 aliphatic heterocycles. The number of halogens is 3. The largest absolute Gasteiger partial charge is 0.495 e. The summed E-state index contributed by atoms with van der Waals surface area (Å²) in [5, 5.41) is 4.45. The Balaban J connectivity index is 2.52. The van der Waals surface area contributed by atoms with Crippen molar-refractivity contribution in [3.05, 3.63) is 24.3 Å². The van der Waals surface area contributed by atoms with Crippen molar-refractivity contribution in [1.29, 1.82) is 0 Å². The van der Waals surface area contributed by atoms with Crippen LogP contribution in [0.3, 0.4) is 0 Å². The zero-order chi connectivity index (χ0) is 18.2. The first kappa shape index (κ1) is 19.8. The first-order chi connectivity index (χ1) is 11.2. The number of methoxy groups -OCH3 is 1. The summed E-state index contributed by atoms with van der Waals surface area (Å²) in [4.78, 5) is 24.1. The van der Waals surface area contributed by atoms with Gasteiger partial charge < -0.3 is 20.3 Å². The molecule has 134 valence electrons. The average Bonchev–Trinajstić information content (AvgIpc) is 2.52. The number of hydrogen-bond donors (Lipinski definition) is 3. The maximum atomic E-state index is 12.1. The molecule has 1 rings (SSSR count). The summed E-state index contributed by atoms with van der Waals surface area (Å²) in [7, 11) is 1.47. The Labute approximate surface area is 138 Å². The lowest BCUT2D eigenvalue weighted by Gasteiger charge is -2.17. The van der Waals surface area contributed by atoms with Gasteiger partial charge in [-0.1, -0.05) is 12.1 Å². The zero-order valence-corrected chi connectivity index (χ0v) is 13.5. The minimum Gasteiger partial charge on any atom is -0.495 e. The van der Waals surface area contributed by atoms with E-state index < -0.39 is 18.6 Å². The molecule has 0 aromatic heterocycles. The Hall–Kier alpha value is -2.29. The smallest absolute Gasteiger partial charge is 0.405 e. The van der Waals surface area contributed by atoms with Gasteiger partial charge in [-0.3, -0.25) is 9.59 Å². The molecule has 0 spiro atoms. The highest BCUT2D eigenvalue weighted by atomic mass is 19.4. The number of nitrogens with one attached hydrogen (secondary N) is 3. The van der Waals surface area contributed by atoms with Crippen LogP contribution in [-0.2, 0) is 9.59 Å². The van der Waals surface area contributed by atoms with Gasteiger partial charge in [-0.2, -0.15) is 13.2 Å². The molecule has 1 aromatic carbocycles. The number of hydrogen-bond acceptors (Lipinski definition) is 3. The van der Waals surface area contributed by atoms with Crippen molar-refractivity contribution in [1.82, 2.24) is 5.32 Å². The number of amides is 2. The number of carbonyl (C=O) groups is 2. The van der Waals surface area contributed by atoms with Crippen molar-refractivity contribution in [3.8, 4) is 5.75 Å². The molecular weight excluding hydrogens is 327 g/mol. The Morgan fingerprint density at radius 3 is 2.38 bits per heavy atom. The lowest BCUT2D eigenvalue weighted by molar-refractivity contribution is -0.881. The van der Waals surface area contributed by atoms with Crippen LogP contribution in [-0.4, -0.2) is 51.3 Å². The fraction of sp³-hybridized carbons (Fsp3) is 0.467. The van der Waals surface area contributed by atoms with Crippen molar-refractivity contribution in [2.75, 3.05) is 38.6 Å². The van der Waals surface area contributed by atoms with E-state index in [-0.39, 0.29) is 19.0 Å². The average molecular weight is 348 g/mol. The number of para-hydroxylation sites is 2. The van der Waals surface area contributed by atoms with E-state index in [1.165, 1.54) is 7.11 Å². The Bertz CT molecular complexity index is 564. The van der Waals surface area contributed by atoms with Gasteiger partial charge in [0.05, 0.1) is 19.3 Å². The highest BCUT2D eigenvalue weighted by molar-refractivity contribution is 5.93. The van der Waals surface area contributed by atoms with Crippen LogP contribution in [0.1, 0.15) is 6.92 Å². The third-order valence-corrected chi connectivity index (χ3v) is 3.19. The lowest BCUT2D eigenvalue weighted by Crippen LogP contribution is -3.14. The van der Waals surface area contributed by atoms with Crippen molar-refractivity contribution in [2.24, 2.45) is 0 Å². The SMILES string of the molecule is CC[NH+](CC(=O)NCC(F)(F)F)CC(=O)Nc1ccccc1OC. The predicted octanol–water partition coefficient (Wildman–Crippen LogP) is 0.217. The quantitative estimate of drug-likeness (QED) is 0.629. The minimum absolute atomic E-state index is 0.0476. The van der Waals surface area contributed by atoms with E-state index in [1.807, 2.05) is 0 Å². The Kier molecular flexibility index (Phi) is 7.50. The molecule has 0 saturated heterocycles. The number of benzene rings is 1. The van der Waals surface area contributed by atoms with Crippen LogP contribution in [0.15, 0.2) is 24.3 Å². The highest BCUT2D eigenvalue weighted by Gasteiger charge is 2.28. The molecule has 24 heavy (non-hydrogen) atoms.